The van der Waals surface area contributed by atoms with Crippen molar-refractivity contribution in [2.24, 2.45) is 45.3 Å². The highest BCUT2D eigenvalue weighted by Crippen LogP contribution is 2.74. The number of allylic oxidation sites excluding steroid dienone is 1. The highest BCUT2D eigenvalue weighted by Gasteiger charge is 2.70. The fourth-order valence-corrected chi connectivity index (χ4v) is 14.1. The minimum Gasteiger partial charge on any atom is -0.463 e. The first-order valence-corrected chi connectivity index (χ1v) is 23.8. The van der Waals surface area contributed by atoms with E-state index in [1.807, 2.05) is 27.7 Å². The standard InChI is InChI=1S/C50H78O15/c1-26(23-33-43(46(9,10)56-16)65-47(11,12)64-33)32-17-18-35-48(32,13)21-19-36-49(14)22-20-38(58-28(3)52)45(7,8)37(49)24-39(50(35,36)15)63-44-42(61-31(6)55)41(60-30(5)54)40(59-29(4)53)34(62-44)25-57-27(2)51/h18,26,32-34,36-44H,17,19-25H2,1-16H3/t26-,32-,33+,34+,36+,37-,38+,39+,40+,41-,42+,43-,44-,48-,49+,50-/m0/s1. The summed E-state index contributed by atoms with van der Waals surface area (Å²) >= 11 is 0. The van der Waals surface area contributed by atoms with Gasteiger partial charge in [-0.2, -0.15) is 0 Å². The summed E-state index contributed by atoms with van der Waals surface area (Å²) in [5.74, 6) is -3.19. The van der Waals surface area contributed by atoms with E-state index in [1.54, 1.807) is 7.11 Å². The van der Waals surface area contributed by atoms with Crippen LogP contribution in [-0.2, 0) is 71.3 Å². The molecule has 0 unspecified atom stereocenters. The van der Waals surface area contributed by atoms with Crippen molar-refractivity contribution in [1.29, 1.82) is 0 Å². The quantitative estimate of drug-likeness (QED) is 0.0764. The van der Waals surface area contributed by atoms with Gasteiger partial charge in [0.1, 0.15) is 24.9 Å². The van der Waals surface area contributed by atoms with Gasteiger partial charge in [0.2, 0.25) is 0 Å². The molecule has 6 aliphatic rings. The molecule has 0 aromatic carbocycles. The van der Waals surface area contributed by atoms with Gasteiger partial charge in [-0.1, -0.05) is 53.2 Å². The van der Waals surface area contributed by atoms with Crippen molar-refractivity contribution in [2.75, 3.05) is 13.7 Å². The minimum absolute atomic E-state index is 0.00636. The van der Waals surface area contributed by atoms with Crippen LogP contribution < -0.4 is 0 Å². The predicted octanol–water partition coefficient (Wildman–Crippen LogP) is 7.57. The number of methoxy groups -OCH3 is 1. The number of fused-ring (bicyclic) bond motifs is 5. The predicted molar refractivity (Wildman–Crippen MR) is 235 cm³/mol. The van der Waals surface area contributed by atoms with E-state index in [9.17, 15) is 24.0 Å². The normalized spacial score (nSPS) is 41.1. The first-order chi connectivity index (χ1) is 30.0. The van der Waals surface area contributed by atoms with Crippen LogP contribution in [0.25, 0.3) is 0 Å². The minimum atomic E-state index is -1.37. The van der Waals surface area contributed by atoms with E-state index in [0.29, 0.717) is 6.42 Å². The Morgan fingerprint density at radius 1 is 0.738 bits per heavy atom. The molecule has 6 rings (SSSR count). The van der Waals surface area contributed by atoms with E-state index in [0.717, 1.165) is 38.5 Å². The molecule has 5 fully saturated rings. The van der Waals surface area contributed by atoms with Gasteiger partial charge in [0, 0.05) is 52.6 Å². The summed E-state index contributed by atoms with van der Waals surface area (Å²) in [6, 6.07) is 0. The van der Waals surface area contributed by atoms with E-state index in [1.165, 1.54) is 40.2 Å². The summed E-state index contributed by atoms with van der Waals surface area (Å²) in [6.45, 7) is 27.8. The summed E-state index contributed by atoms with van der Waals surface area (Å²) < 4.78 is 62.1. The summed E-state index contributed by atoms with van der Waals surface area (Å²) in [4.78, 5) is 63.0. The fourth-order valence-electron chi connectivity index (χ4n) is 14.1. The molecule has 0 radical (unpaired) electrons. The zero-order valence-corrected chi connectivity index (χ0v) is 41.9. The van der Waals surface area contributed by atoms with Crippen LogP contribution in [0.4, 0.5) is 0 Å². The average Bonchev–Trinajstić information content (AvgIpc) is 3.70. The Labute approximate surface area is 386 Å². The van der Waals surface area contributed by atoms with Gasteiger partial charge in [-0.05, 0) is 107 Å². The van der Waals surface area contributed by atoms with Crippen molar-refractivity contribution in [2.45, 2.75) is 215 Å². The molecule has 0 aromatic heterocycles. The van der Waals surface area contributed by atoms with Crippen LogP contribution in [-0.4, -0.2) is 110 Å². The molecule has 0 aromatic rings. The van der Waals surface area contributed by atoms with E-state index in [-0.39, 0.29) is 65.4 Å². The van der Waals surface area contributed by atoms with Crippen LogP contribution in [0.1, 0.15) is 149 Å². The topological polar surface area (TPSA) is 178 Å². The third kappa shape index (κ3) is 9.65. The number of hydrogen-bond acceptors (Lipinski definition) is 15. The molecule has 0 bridgehead atoms. The van der Waals surface area contributed by atoms with E-state index >= 15 is 0 Å². The second kappa shape index (κ2) is 18.4. The lowest BCUT2D eigenvalue weighted by atomic mass is 9.37. The molecule has 2 aliphatic heterocycles. The Morgan fingerprint density at radius 3 is 1.92 bits per heavy atom. The van der Waals surface area contributed by atoms with Crippen molar-refractivity contribution >= 4 is 29.8 Å². The van der Waals surface area contributed by atoms with Gasteiger partial charge in [0.25, 0.3) is 0 Å². The number of carbonyl (C=O) groups excluding carboxylic acids is 5. The zero-order valence-electron chi connectivity index (χ0n) is 41.9. The van der Waals surface area contributed by atoms with Crippen molar-refractivity contribution in [3.8, 4) is 0 Å². The molecule has 2 saturated heterocycles. The van der Waals surface area contributed by atoms with E-state index < -0.39 is 82.9 Å². The average molecular weight is 919 g/mol. The number of hydrogen-bond donors (Lipinski definition) is 0. The first-order valence-electron chi connectivity index (χ1n) is 23.8. The molecule has 0 spiro atoms. The monoisotopic (exact) mass is 919 g/mol. The molecular weight excluding hydrogens is 841 g/mol. The van der Waals surface area contributed by atoms with Gasteiger partial charge in [0.15, 0.2) is 30.4 Å². The highest BCUT2D eigenvalue weighted by molar-refractivity contribution is 5.69. The molecule has 368 valence electrons. The lowest BCUT2D eigenvalue weighted by Gasteiger charge is -2.69. The molecule has 65 heavy (non-hydrogen) atoms. The Bertz CT molecular complexity index is 1860. The number of esters is 5. The zero-order chi connectivity index (χ0) is 48.4. The maximum atomic E-state index is 13.0. The molecule has 4 aliphatic carbocycles. The van der Waals surface area contributed by atoms with Gasteiger partial charge < -0.3 is 47.4 Å². The molecule has 16 atom stereocenters. The van der Waals surface area contributed by atoms with Crippen molar-refractivity contribution in [1.82, 2.24) is 0 Å². The van der Waals surface area contributed by atoms with Gasteiger partial charge >= 0.3 is 29.8 Å². The molecule has 3 saturated carbocycles. The highest BCUT2D eigenvalue weighted by atomic mass is 16.8. The summed E-state index contributed by atoms with van der Waals surface area (Å²) in [7, 11) is 1.71. The summed E-state index contributed by atoms with van der Waals surface area (Å²) in [6.07, 6.45) is 0.137. The largest absolute Gasteiger partial charge is 0.463 e. The SMILES string of the molecule is COC(C)(C)[C@H]1OC(C)(C)O[C@@H]1C[C@H](C)[C@@H]1CC=C2[C@@]3(C)[C@H](CC[C@]21C)[C@@]1(C)CC[C@@H](OC(C)=O)C(C)(C)[C@@H]1C[C@H]3O[C@@H]1O[C@H](COC(C)=O)[C@@H](OC(C)=O)[C@H](OC(C)=O)[C@H]1OC(C)=O. The van der Waals surface area contributed by atoms with E-state index in [2.05, 4.69) is 47.6 Å². The number of rotatable bonds is 13. The third-order valence-corrected chi connectivity index (χ3v) is 16.9. The third-order valence-electron chi connectivity index (χ3n) is 16.9. The maximum Gasteiger partial charge on any atom is 0.303 e. The Morgan fingerprint density at radius 2 is 1.34 bits per heavy atom. The van der Waals surface area contributed by atoms with Crippen molar-refractivity contribution in [3.05, 3.63) is 11.6 Å². The van der Waals surface area contributed by atoms with Crippen molar-refractivity contribution in [3.63, 3.8) is 0 Å². The van der Waals surface area contributed by atoms with Gasteiger partial charge in [0.05, 0.1) is 17.8 Å². The molecule has 0 amide bonds. The lowest BCUT2D eigenvalue weighted by molar-refractivity contribution is -0.337. The summed E-state index contributed by atoms with van der Waals surface area (Å²) in [5, 5.41) is 0. The van der Waals surface area contributed by atoms with Crippen LogP contribution in [0.2, 0.25) is 0 Å². The summed E-state index contributed by atoms with van der Waals surface area (Å²) in [5.41, 5.74) is -0.724. The first kappa shape index (κ1) is 51.3. The second-order valence-corrected chi connectivity index (χ2v) is 22.3. The molecular formula is C50H78O15. The maximum absolute atomic E-state index is 13.0. The Balaban J connectivity index is 1.43. The van der Waals surface area contributed by atoms with Crippen LogP contribution in [0.3, 0.4) is 0 Å². The van der Waals surface area contributed by atoms with E-state index in [4.69, 9.17) is 47.4 Å². The molecule has 15 nitrogen and oxygen atoms in total. The Hall–Kier alpha value is -3.11. The second-order valence-electron chi connectivity index (χ2n) is 22.3. The molecule has 2 heterocycles. The van der Waals surface area contributed by atoms with Gasteiger partial charge in [-0.3, -0.25) is 24.0 Å². The Kier molecular flexibility index (Phi) is 14.5. The van der Waals surface area contributed by atoms with Gasteiger partial charge in [-0.25, -0.2) is 0 Å². The molecule has 0 N–H and O–H groups in total. The van der Waals surface area contributed by atoms with Crippen LogP contribution in [0.15, 0.2) is 11.6 Å². The number of ether oxygens (including phenoxy) is 10. The van der Waals surface area contributed by atoms with Gasteiger partial charge in [-0.15, -0.1) is 0 Å². The fraction of sp³-hybridized carbons (Fsp3) is 0.860. The van der Waals surface area contributed by atoms with Crippen LogP contribution >= 0.6 is 0 Å². The van der Waals surface area contributed by atoms with Crippen LogP contribution in [0.5, 0.6) is 0 Å². The molecule has 15 heteroatoms. The number of carbonyl (C=O) groups is 5. The smallest absolute Gasteiger partial charge is 0.303 e. The van der Waals surface area contributed by atoms with Crippen molar-refractivity contribution < 1.29 is 71.3 Å². The van der Waals surface area contributed by atoms with Crippen LogP contribution in [0, 0.1) is 45.3 Å². The lowest BCUT2D eigenvalue weighted by Crippen LogP contribution is -2.68.